The number of halogens is 3. The second-order valence-corrected chi connectivity index (χ2v) is 6.35. The van der Waals surface area contributed by atoms with Crippen LogP contribution in [0.4, 0.5) is 18.9 Å². The zero-order valence-electron chi connectivity index (χ0n) is 16.2. The second kappa shape index (κ2) is 9.35. The lowest BCUT2D eigenvalue weighted by Gasteiger charge is -2.15. The first kappa shape index (κ1) is 21.2. The van der Waals surface area contributed by atoms with E-state index < -0.39 is 17.6 Å². The molecule has 0 radical (unpaired) electrons. The molecule has 30 heavy (non-hydrogen) atoms. The largest absolute Gasteiger partial charge is 0.493 e. The average Bonchev–Trinajstić information content (AvgIpc) is 2.73. The summed E-state index contributed by atoms with van der Waals surface area (Å²) >= 11 is 0. The van der Waals surface area contributed by atoms with Crippen LogP contribution in [0.1, 0.15) is 28.4 Å². The zero-order chi connectivity index (χ0) is 21.6. The van der Waals surface area contributed by atoms with Gasteiger partial charge in [0.2, 0.25) is 0 Å². The molecule has 3 aromatic carbocycles. The van der Waals surface area contributed by atoms with Gasteiger partial charge in [0, 0.05) is 11.1 Å². The standard InChI is InChI=1S/C23H20F3NO3/c1-2-29-21-13-12-16(14-17(21)15-30-18-8-4-3-5-9-18)22(28)27-20-11-7-6-10-19(20)23(24,25)26/h3-14H,2,15H2,1H3,(H,27,28). The normalized spacial score (nSPS) is 11.1. The molecule has 3 aromatic rings. The van der Waals surface area contributed by atoms with Gasteiger partial charge in [0.1, 0.15) is 18.1 Å². The van der Waals surface area contributed by atoms with Crippen LogP contribution in [0.2, 0.25) is 0 Å². The lowest BCUT2D eigenvalue weighted by atomic mass is 10.1. The van der Waals surface area contributed by atoms with Crippen molar-refractivity contribution in [1.82, 2.24) is 0 Å². The van der Waals surface area contributed by atoms with Crippen molar-refractivity contribution in [2.75, 3.05) is 11.9 Å². The number of hydrogen-bond acceptors (Lipinski definition) is 3. The Morgan fingerprint density at radius 1 is 0.933 bits per heavy atom. The third kappa shape index (κ3) is 5.31. The second-order valence-electron chi connectivity index (χ2n) is 6.35. The van der Waals surface area contributed by atoms with Gasteiger partial charge < -0.3 is 14.8 Å². The van der Waals surface area contributed by atoms with Crippen LogP contribution >= 0.6 is 0 Å². The molecule has 1 N–H and O–H groups in total. The molecule has 0 aromatic heterocycles. The van der Waals surface area contributed by atoms with Crippen LogP contribution in [0.25, 0.3) is 0 Å². The summed E-state index contributed by atoms with van der Waals surface area (Å²) < 4.78 is 50.9. The van der Waals surface area contributed by atoms with Crippen molar-refractivity contribution in [3.63, 3.8) is 0 Å². The van der Waals surface area contributed by atoms with E-state index in [1.165, 1.54) is 24.3 Å². The summed E-state index contributed by atoms with van der Waals surface area (Å²) in [6.45, 7) is 2.39. The molecule has 0 unspecified atom stereocenters. The summed E-state index contributed by atoms with van der Waals surface area (Å²) in [7, 11) is 0. The van der Waals surface area contributed by atoms with Gasteiger partial charge in [-0.25, -0.2) is 0 Å². The van der Waals surface area contributed by atoms with Crippen molar-refractivity contribution in [2.45, 2.75) is 19.7 Å². The molecule has 0 fully saturated rings. The van der Waals surface area contributed by atoms with E-state index in [9.17, 15) is 18.0 Å². The van der Waals surface area contributed by atoms with Crippen LogP contribution < -0.4 is 14.8 Å². The Balaban J connectivity index is 1.83. The molecule has 0 saturated heterocycles. The van der Waals surface area contributed by atoms with Crippen LogP contribution in [0, 0.1) is 0 Å². The van der Waals surface area contributed by atoms with Gasteiger partial charge in [0.25, 0.3) is 5.91 Å². The number of benzene rings is 3. The summed E-state index contributed by atoms with van der Waals surface area (Å²) in [5.74, 6) is 0.533. The van der Waals surface area contributed by atoms with E-state index in [1.807, 2.05) is 25.1 Å². The number of carbonyl (C=O) groups excluding carboxylic acids is 1. The molecular formula is C23H20F3NO3. The monoisotopic (exact) mass is 415 g/mol. The lowest BCUT2D eigenvalue weighted by molar-refractivity contribution is -0.136. The third-order valence-corrected chi connectivity index (χ3v) is 4.24. The Morgan fingerprint density at radius 2 is 1.63 bits per heavy atom. The first-order chi connectivity index (χ1) is 14.4. The lowest BCUT2D eigenvalue weighted by Crippen LogP contribution is -2.17. The molecule has 3 rings (SSSR count). The molecular weight excluding hydrogens is 395 g/mol. The average molecular weight is 415 g/mol. The number of hydrogen-bond donors (Lipinski definition) is 1. The van der Waals surface area contributed by atoms with E-state index in [4.69, 9.17) is 9.47 Å². The van der Waals surface area contributed by atoms with Gasteiger partial charge in [0.05, 0.1) is 17.9 Å². The van der Waals surface area contributed by atoms with Crippen LogP contribution in [-0.4, -0.2) is 12.5 Å². The molecule has 0 aliphatic rings. The molecule has 0 atom stereocenters. The fraction of sp³-hybridized carbons (Fsp3) is 0.174. The number of anilines is 1. The number of amides is 1. The number of nitrogens with one attached hydrogen (secondary N) is 1. The summed E-state index contributed by atoms with van der Waals surface area (Å²) in [6.07, 6.45) is -4.57. The highest BCUT2D eigenvalue weighted by atomic mass is 19.4. The molecule has 0 aliphatic carbocycles. The van der Waals surface area contributed by atoms with Gasteiger partial charge in [-0.2, -0.15) is 13.2 Å². The number of para-hydroxylation sites is 2. The molecule has 0 bridgehead atoms. The van der Waals surface area contributed by atoms with Gasteiger partial charge in [-0.1, -0.05) is 30.3 Å². The van der Waals surface area contributed by atoms with E-state index >= 15 is 0 Å². The Hall–Kier alpha value is -3.48. The van der Waals surface area contributed by atoms with E-state index in [1.54, 1.807) is 24.3 Å². The maximum absolute atomic E-state index is 13.2. The Bertz CT molecular complexity index is 1000. The molecule has 7 heteroatoms. The SMILES string of the molecule is CCOc1ccc(C(=O)Nc2ccccc2C(F)(F)F)cc1COc1ccccc1. The first-order valence-corrected chi connectivity index (χ1v) is 9.29. The number of carbonyl (C=O) groups is 1. The Labute approximate surface area is 172 Å². The summed E-state index contributed by atoms with van der Waals surface area (Å²) in [6, 6.07) is 18.6. The van der Waals surface area contributed by atoms with Crippen LogP contribution in [0.15, 0.2) is 72.8 Å². The van der Waals surface area contributed by atoms with Gasteiger partial charge in [-0.3, -0.25) is 4.79 Å². The molecule has 0 heterocycles. The summed E-state index contributed by atoms with van der Waals surface area (Å²) in [4.78, 5) is 12.6. The van der Waals surface area contributed by atoms with Crippen molar-refractivity contribution < 1.29 is 27.4 Å². The highest BCUT2D eigenvalue weighted by Gasteiger charge is 2.33. The van der Waals surface area contributed by atoms with Gasteiger partial charge in [-0.05, 0) is 49.4 Å². The highest BCUT2D eigenvalue weighted by molar-refractivity contribution is 6.05. The van der Waals surface area contributed by atoms with Gasteiger partial charge in [0.15, 0.2) is 0 Å². The number of rotatable bonds is 7. The maximum atomic E-state index is 13.2. The van der Waals surface area contributed by atoms with Gasteiger partial charge in [-0.15, -0.1) is 0 Å². The fourth-order valence-electron chi connectivity index (χ4n) is 2.84. The fourth-order valence-corrected chi connectivity index (χ4v) is 2.84. The minimum atomic E-state index is -4.57. The van der Waals surface area contributed by atoms with E-state index in [2.05, 4.69) is 5.32 Å². The van der Waals surface area contributed by atoms with E-state index in [0.29, 0.717) is 23.7 Å². The van der Waals surface area contributed by atoms with Crippen molar-refractivity contribution in [3.05, 3.63) is 89.5 Å². The van der Waals surface area contributed by atoms with Crippen LogP contribution in [0.5, 0.6) is 11.5 Å². The summed E-state index contributed by atoms with van der Waals surface area (Å²) in [5, 5.41) is 2.35. The van der Waals surface area contributed by atoms with Crippen molar-refractivity contribution >= 4 is 11.6 Å². The van der Waals surface area contributed by atoms with Gasteiger partial charge >= 0.3 is 6.18 Å². The smallest absolute Gasteiger partial charge is 0.418 e. The van der Waals surface area contributed by atoms with E-state index in [-0.39, 0.29) is 17.9 Å². The van der Waals surface area contributed by atoms with E-state index in [0.717, 1.165) is 6.07 Å². The highest BCUT2D eigenvalue weighted by Crippen LogP contribution is 2.35. The minimum absolute atomic E-state index is 0.138. The molecule has 4 nitrogen and oxygen atoms in total. The third-order valence-electron chi connectivity index (χ3n) is 4.24. The van der Waals surface area contributed by atoms with Crippen LogP contribution in [0.3, 0.4) is 0 Å². The van der Waals surface area contributed by atoms with Crippen LogP contribution in [-0.2, 0) is 12.8 Å². The minimum Gasteiger partial charge on any atom is -0.493 e. The molecule has 156 valence electrons. The topological polar surface area (TPSA) is 47.6 Å². The Morgan fingerprint density at radius 3 is 2.33 bits per heavy atom. The molecule has 0 aliphatic heterocycles. The van der Waals surface area contributed by atoms with Crippen molar-refractivity contribution in [1.29, 1.82) is 0 Å². The van der Waals surface area contributed by atoms with Crippen molar-refractivity contribution in [2.24, 2.45) is 0 Å². The summed E-state index contributed by atoms with van der Waals surface area (Å²) in [5.41, 5.74) is -0.401. The van der Waals surface area contributed by atoms with Crippen molar-refractivity contribution in [3.8, 4) is 11.5 Å². The molecule has 1 amide bonds. The molecule has 0 spiro atoms. The molecule has 0 saturated carbocycles. The first-order valence-electron chi connectivity index (χ1n) is 9.29. The predicted molar refractivity (Wildman–Crippen MR) is 108 cm³/mol. The maximum Gasteiger partial charge on any atom is 0.418 e. The zero-order valence-corrected chi connectivity index (χ0v) is 16.2. The predicted octanol–water partition coefficient (Wildman–Crippen LogP) is 5.94. The Kier molecular flexibility index (Phi) is 6.61. The number of ether oxygens (including phenoxy) is 2. The number of alkyl halides is 3. The quantitative estimate of drug-likeness (QED) is 0.520.